The van der Waals surface area contributed by atoms with Crippen molar-refractivity contribution in [1.82, 2.24) is 5.32 Å². The van der Waals surface area contributed by atoms with Crippen LogP contribution in [0.4, 0.5) is 8.78 Å². The Labute approximate surface area is 111 Å². The van der Waals surface area contributed by atoms with Crippen LogP contribution in [-0.4, -0.2) is 6.54 Å². The zero-order chi connectivity index (χ0) is 13.8. The number of rotatable bonds is 5. The van der Waals surface area contributed by atoms with E-state index in [9.17, 15) is 8.78 Å². The van der Waals surface area contributed by atoms with Gasteiger partial charge >= 0.3 is 0 Å². The number of nitrogens with one attached hydrogen (secondary N) is 1. The SMILES string of the molecule is CCCNC(c1ccco1)c1cc(C)c(F)cc1F. The first-order chi connectivity index (χ1) is 9.13. The second-order valence-corrected chi connectivity index (χ2v) is 4.53. The smallest absolute Gasteiger partial charge is 0.131 e. The van der Waals surface area contributed by atoms with Gasteiger partial charge in [-0.15, -0.1) is 0 Å². The summed E-state index contributed by atoms with van der Waals surface area (Å²) in [6.45, 7) is 4.37. The minimum atomic E-state index is -0.562. The topological polar surface area (TPSA) is 25.2 Å². The van der Waals surface area contributed by atoms with Crippen LogP contribution in [0.25, 0.3) is 0 Å². The molecular formula is C15H17F2NO. The van der Waals surface area contributed by atoms with E-state index in [0.29, 0.717) is 16.9 Å². The maximum absolute atomic E-state index is 14.0. The molecule has 0 aliphatic heterocycles. The van der Waals surface area contributed by atoms with Gasteiger partial charge in [0.25, 0.3) is 0 Å². The van der Waals surface area contributed by atoms with Gasteiger partial charge in [0.1, 0.15) is 17.4 Å². The number of hydrogen-bond acceptors (Lipinski definition) is 2. The predicted octanol–water partition coefficient (Wildman–Crippen LogP) is 3.96. The first kappa shape index (κ1) is 13.7. The highest BCUT2D eigenvalue weighted by atomic mass is 19.1. The third-order valence-electron chi connectivity index (χ3n) is 3.02. The lowest BCUT2D eigenvalue weighted by atomic mass is 10.0. The Morgan fingerprint density at radius 2 is 2.05 bits per heavy atom. The Kier molecular flexibility index (Phi) is 4.32. The number of benzene rings is 1. The lowest BCUT2D eigenvalue weighted by Crippen LogP contribution is -2.24. The van der Waals surface area contributed by atoms with Crippen LogP contribution in [0.15, 0.2) is 34.9 Å². The monoisotopic (exact) mass is 265 g/mol. The van der Waals surface area contributed by atoms with E-state index in [1.54, 1.807) is 25.3 Å². The second-order valence-electron chi connectivity index (χ2n) is 4.53. The summed E-state index contributed by atoms with van der Waals surface area (Å²) < 4.78 is 32.7. The van der Waals surface area contributed by atoms with E-state index in [1.165, 1.54) is 6.07 Å². The van der Waals surface area contributed by atoms with Crippen molar-refractivity contribution >= 4 is 0 Å². The van der Waals surface area contributed by atoms with E-state index in [2.05, 4.69) is 5.32 Å². The first-order valence-electron chi connectivity index (χ1n) is 6.35. The summed E-state index contributed by atoms with van der Waals surface area (Å²) in [5.41, 5.74) is 0.827. The molecule has 0 spiro atoms. The summed E-state index contributed by atoms with van der Waals surface area (Å²) in [6.07, 6.45) is 2.46. The van der Waals surface area contributed by atoms with Crippen LogP contribution in [-0.2, 0) is 0 Å². The van der Waals surface area contributed by atoms with Crippen molar-refractivity contribution in [3.63, 3.8) is 0 Å². The molecule has 1 heterocycles. The maximum Gasteiger partial charge on any atom is 0.131 e. The maximum atomic E-state index is 14.0. The van der Waals surface area contributed by atoms with E-state index < -0.39 is 17.7 Å². The van der Waals surface area contributed by atoms with Crippen LogP contribution in [0, 0.1) is 18.6 Å². The van der Waals surface area contributed by atoms with Crippen LogP contribution in [0.2, 0.25) is 0 Å². The molecule has 1 aromatic carbocycles. The van der Waals surface area contributed by atoms with Crippen LogP contribution in [0.1, 0.15) is 36.3 Å². The van der Waals surface area contributed by atoms with E-state index in [4.69, 9.17) is 4.42 Å². The van der Waals surface area contributed by atoms with Crippen LogP contribution < -0.4 is 5.32 Å². The lowest BCUT2D eigenvalue weighted by Gasteiger charge is -2.18. The molecule has 1 atom stereocenters. The van der Waals surface area contributed by atoms with Crippen molar-refractivity contribution in [3.05, 3.63) is 59.1 Å². The third kappa shape index (κ3) is 3.01. The zero-order valence-electron chi connectivity index (χ0n) is 11.0. The molecule has 0 saturated carbocycles. The van der Waals surface area contributed by atoms with Crippen molar-refractivity contribution in [1.29, 1.82) is 0 Å². The average molecular weight is 265 g/mol. The number of aryl methyl sites for hydroxylation is 1. The largest absolute Gasteiger partial charge is 0.467 e. The van der Waals surface area contributed by atoms with Gasteiger partial charge in [-0.2, -0.15) is 0 Å². The van der Waals surface area contributed by atoms with Crippen molar-refractivity contribution in [3.8, 4) is 0 Å². The summed E-state index contributed by atoms with van der Waals surface area (Å²) in [4.78, 5) is 0. The van der Waals surface area contributed by atoms with Crippen molar-refractivity contribution < 1.29 is 13.2 Å². The fourth-order valence-corrected chi connectivity index (χ4v) is 2.01. The molecular weight excluding hydrogens is 248 g/mol. The summed E-state index contributed by atoms with van der Waals surface area (Å²) in [5, 5.41) is 3.22. The van der Waals surface area contributed by atoms with E-state index >= 15 is 0 Å². The Balaban J connectivity index is 2.40. The van der Waals surface area contributed by atoms with Gasteiger partial charge in [-0.05, 0) is 43.7 Å². The van der Waals surface area contributed by atoms with Gasteiger partial charge in [0.15, 0.2) is 0 Å². The molecule has 2 aromatic rings. The summed E-state index contributed by atoms with van der Waals surface area (Å²) in [5.74, 6) is -0.471. The molecule has 1 aromatic heterocycles. The van der Waals surface area contributed by atoms with Crippen molar-refractivity contribution in [2.75, 3.05) is 6.54 Å². The lowest BCUT2D eigenvalue weighted by molar-refractivity contribution is 0.434. The molecule has 0 bridgehead atoms. The second kappa shape index (κ2) is 5.97. The molecule has 0 radical (unpaired) electrons. The van der Waals surface area contributed by atoms with Crippen LogP contribution >= 0.6 is 0 Å². The Morgan fingerprint density at radius 1 is 1.26 bits per heavy atom. The molecule has 1 N–H and O–H groups in total. The first-order valence-corrected chi connectivity index (χ1v) is 6.35. The van der Waals surface area contributed by atoms with E-state index in [1.807, 2.05) is 6.92 Å². The summed E-state index contributed by atoms with van der Waals surface area (Å²) in [7, 11) is 0. The molecule has 2 rings (SSSR count). The molecule has 19 heavy (non-hydrogen) atoms. The minimum Gasteiger partial charge on any atom is -0.467 e. The highest BCUT2D eigenvalue weighted by Gasteiger charge is 2.21. The zero-order valence-corrected chi connectivity index (χ0v) is 11.0. The molecule has 4 heteroatoms. The molecule has 0 aliphatic rings. The normalized spacial score (nSPS) is 12.6. The van der Waals surface area contributed by atoms with E-state index in [-0.39, 0.29) is 0 Å². The number of furan rings is 1. The molecule has 1 unspecified atom stereocenters. The molecule has 2 nitrogen and oxygen atoms in total. The van der Waals surface area contributed by atoms with Gasteiger partial charge in [0, 0.05) is 11.6 Å². The fourth-order valence-electron chi connectivity index (χ4n) is 2.01. The summed E-state index contributed by atoms with van der Waals surface area (Å²) >= 11 is 0. The van der Waals surface area contributed by atoms with Gasteiger partial charge in [0.05, 0.1) is 12.3 Å². The van der Waals surface area contributed by atoms with Gasteiger partial charge < -0.3 is 9.73 Å². The molecule has 0 saturated heterocycles. The Hall–Kier alpha value is -1.68. The highest BCUT2D eigenvalue weighted by Crippen LogP contribution is 2.27. The number of hydrogen-bond donors (Lipinski definition) is 1. The molecule has 0 amide bonds. The van der Waals surface area contributed by atoms with Crippen molar-refractivity contribution in [2.45, 2.75) is 26.3 Å². The van der Waals surface area contributed by atoms with Crippen LogP contribution in [0.3, 0.4) is 0 Å². The van der Waals surface area contributed by atoms with Crippen molar-refractivity contribution in [2.24, 2.45) is 0 Å². The molecule has 0 aliphatic carbocycles. The van der Waals surface area contributed by atoms with Gasteiger partial charge in [0.2, 0.25) is 0 Å². The molecule has 0 fully saturated rings. The highest BCUT2D eigenvalue weighted by molar-refractivity contribution is 5.32. The van der Waals surface area contributed by atoms with E-state index in [0.717, 1.165) is 19.0 Å². The predicted molar refractivity (Wildman–Crippen MR) is 69.9 cm³/mol. The van der Waals surface area contributed by atoms with Gasteiger partial charge in [-0.1, -0.05) is 6.92 Å². The fraction of sp³-hybridized carbons (Fsp3) is 0.333. The quantitative estimate of drug-likeness (QED) is 0.885. The van der Waals surface area contributed by atoms with Gasteiger partial charge in [-0.25, -0.2) is 8.78 Å². The standard InChI is InChI=1S/C15H17F2NO/c1-3-6-18-15(14-5-4-7-19-14)11-8-10(2)12(16)9-13(11)17/h4-5,7-9,15,18H,3,6H2,1-2H3. The minimum absolute atomic E-state index is 0.394. The van der Waals surface area contributed by atoms with Gasteiger partial charge in [-0.3, -0.25) is 0 Å². The average Bonchev–Trinajstić information content (AvgIpc) is 2.89. The van der Waals surface area contributed by atoms with Crippen LogP contribution in [0.5, 0.6) is 0 Å². The molecule has 102 valence electrons. The Morgan fingerprint density at radius 3 is 2.68 bits per heavy atom. The third-order valence-corrected chi connectivity index (χ3v) is 3.02. The summed E-state index contributed by atoms with van der Waals surface area (Å²) in [6, 6.07) is 5.60. The number of halogens is 2. The Bertz CT molecular complexity index is 537.